The Bertz CT molecular complexity index is 797. The molecule has 21 heavy (non-hydrogen) atoms. The Balaban J connectivity index is 1.85. The first kappa shape index (κ1) is 13.8. The van der Waals surface area contributed by atoms with Gasteiger partial charge in [-0.15, -0.1) is 11.3 Å². The molecule has 0 radical (unpaired) electrons. The van der Waals surface area contributed by atoms with Gasteiger partial charge in [0, 0.05) is 16.2 Å². The molecule has 0 bridgehead atoms. The second-order valence-electron chi connectivity index (χ2n) is 5.86. The van der Waals surface area contributed by atoms with Crippen LogP contribution in [0, 0.1) is 0 Å². The van der Waals surface area contributed by atoms with Crippen LogP contribution in [-0.2, 0) is 5.41 Å². The summed E-state index contributed by atoms with van der Waals surface area (Å²) in [5.74, 6) is -0.248. The number of rotatable bonds is 2. The van der Waals surface area contributed by atoms with Crippen LogP contribution >= 0.6 is 11.3 Å². The summed E-state index contributed by atoms with van der Waals surface area (Å²) in [5, 5.41) is 13.1. The number of fused-ring (bicyclic) bond motifs is 1. The number of benzene rings is 1. The monoisotopic (exact) mass is 300 g/mol. The van der Waals surface area contributed by atoms with Gasteiger partial charge in [0.15, 0.2) is 10.8 Å². The summed E-state index contributed by atoms with van der Waals surface area (Å²) in [6, 6.07) is 7.55. The van der Waals surface area contributed by atoms with Gasteiger partial charge in [-0.05, 0) is 6.07 Å². The molecule has 3 aromatic rings. The molecule has 0 aliphatic carbocycles. The third kappa shape index (κ3) is 2.67. The predicted molar refractivity (Wildman–Crippen MR) is 84.9 cm³/mol. The molecule has 0 aliphatic rings. The molecule has 2 heterocycles. The molecular weight excluding hydrogens is 284 g/mol. The molecule has 0 atom stereocenters. The quantitative estimate of drug-likeness (QED) is 0.760. The first-order valence-electron chi connectivity index (χ1n) is 6.65. The third-order valence-electron chi connectivity index (χ3n) is 3.18. The molecule has 108 valence electrons. The van der Waals surface area contributed by atoms with Gasteiger partial charge >= 0.3 is 0 Å². The number of nitrogens with zero attached hydrogens (tertiary/aromatic N) is 2. The van der Waals surface area contributed by atoms with E-state index in [1.54, 1.807) is 0 Å². The van der Waals surface area contributed by atoms with Gasteiger partial charge in [-0.1, -0.05) is 39.0 Å². The van der Waals surface area contributed by atoms with Crippen molar-refractivity contribution in [2.24, 2.45) is 0 Å². The standard InChI is InChI=1S/C15H16N4OS/c1-15(2,3)11-8-21-14(16-11)17-13(20)12-9-6-4-5-7-10(9)18-19-12/h4-8H,1-3H3,(H,18,19)(H,16,17,20). The Morgan fingerprint density at radius 3 is 2.76 bits per heavy atom. The molecule has 2 N–H and O–H groups in total. The van der Waals surface area contributed by atoms with Gasteiger partial charge in [0.2, 0.25) is 0 Å². The molecule has 6 heteroatoms. The SMILES string of the molecule is CC(C)(C)c1csc(NC(=O)c2n[nH]c3ccccc23)n1. The Morgan fingerprint density at radius 2 is 2.05 bits per heavy atom. The largest absolute Gasteiger partial charge is 0.296 e. The van der Waals surface area contributed by atoms with E-state index in [1.165, 1.54) is 11.3 Å². The summed E-state index contributed by atoms with van der Waals surface area (Å²) in [5.41, 5.74) is 2.17. The highest BCUT2D eigenvalue weighted by Gasteiger charge is 2.19. The zero-order chi connectivity index (χ0) is 15.0. The van der Waals surface area contributed by atoms with Gasteiger partial charge in [-0.3, -0.25) is 15.2 Å². The number of thiazole rings is 1. The van der Waals surface area contributed by atoms with Gasteiger partial charge < -0.3 is 0 Å². The Hall–Kier alpha value is -2.21. The van der Waals surface area contributed by atoms with Crippen molar-refractivity contribution in [3.63, 3.8) is 0 Å². The van der Waals surface area contributed by atoms with E-state index in [4.69, 9.17) is 0 Å². The molecule has 0 spiro atoms. The number of H-pyrrole nitrogens is 1. The minimum atomic E-state index is -0.248. The van der Waals surface area contributed by atoms with E-state index in [1.807, 2.05) is 29.6 Å². The van der Waals surface area contributed by atoms with Crippen molar-refractivity contribution in [2.45, 2.75) is 26.2 Å². The van der Waals surface area contributed by atoms with Crippen LogP contribution in [0.4, 0.5) is 5.13 Å². The number of carbonyl (C=O) groups excluding carboxylic acids is 1. The van der Waals surface area contributed by atoms with E-state index in [-0.39, 0.29) is 11.3 Å². The van der Waals surface area contributed by atoms with Gasteiger partial charge in [0.1, 0.15) is 0 Å². The molecule has 3 rings (SSSR count). The number of amides is 1. The van der Waals surface area contributed by atoms with Gasteiger partial charge in [0.05, 0.1) is 11.2 Å². The van der Waals surface area contributed by atoms with Crippen LogP contribution in [0.3, 0.4) is 0 Å². The fourth-order valence-corrected chi connectivity index (χ4v) is 2.90. The molecule has 0 fully saturated rings. The number of nitrogens with one attached hydrogen (secondary N) is 2. The van der Waals surface area contributed by atoms with E-state index in [9.17, 15) is 4.79 Å². The minimum absolute atomic E-state index is 0.0293. The molecular formula is C15H16N4OS. The van der Waals surface area contributed by atoms with Crippen LogP contribution in [0.5, 0.6) is 0 Å². The second-order valence-corrected chi connectivity index (χ2v) is 6.72. The average Bonchev–Trinajstić information content (AvgIpc) is 3.03. The number of aromatic amines is 1. The third-order valence-corrected chi connectivity index (χ3v) is 3.94. The molecule has 0 saturated heterocycles. The first-order chi connectivity index (χ1) is 9.95. The number of hydrogen-bond acceptors (Lipinski definition) is 4. The molecule has 2 aromatic heterocycles. The van der Waals surface area contributed by atoms with Crippen molar-refractivity contribution in [2.75, 3.05) is 5.32 Å². The predicted octanol–water partition coefficient (Wildman–Crippen LogP) is 3.57. The van der Waals surface area contributed by atoms with Crippen LogP contribution in [0.15, 0.2) is 29.6 Å². The number of anilines is 1. The van der Waals surface area contributed by atoms with Gasteiger partial charge in [0.25, 0.3) is 5.91 Å². The van der Waals surface area contributed by atoms with Crippen LogP contribution in [0.25, 0.3) is 10.9 Å². The lowest BCUT2D eigenvalue weighted by Gasteiger charge is -2.14. The minimum Gasteiger partial charge on any atom is -0.296 e. The summed E-state index contributed by atoms with van der Waals surface area (Å²) in [6.07, 6.45) is 0. The Kier molecular flexibility index (Phi) is 3.25. The molecule has 5 nitrogen and oxygen atoms in total. The van der Waals surface area contributed by atoms with Crippen molar-refractivity contribution >= 4 is 33.3 Å². The molecule has 0 aliphatic heterocycles. The van der Waals surface area contributed by atoms with Crippen LogP contribution < -0.4 is 5.32 Å². The van der Waals surface area contributed by atoms with Gasteiger partial charge in [-0.2, -0.15) is 5.10 Å². The summed E-state index contributed by atoms with van der Waals surface area (Å²) in [4.78, 5) is 16.8. The molecule has 1 aromatic carbocycles. The van der Waals surface area contributed by atoms with Crippen molar-refractivity contribution in [1.29, 1.82) is 0 Å². The smallest absolute Gasteiger partial charge is 0.278 e. The fraction of sp³-hybridized carbons (Fsp3) is 0.267. The van der Waals surface area contributed by atoms with Crippen molar-refractivity contribution < 1.29 is 4.79 Å². The molecule has 0 saturated carbocycles. The zero-order valence-corrected chi connectivity index (χ0v) is 12.9. The lowest BCUT2D eigenvalue weighted by molar-refractivity contribution is 0.102. The maximum atomic E-state index is 12.3. The van der Waals surface area contributed by atoms with Crippen LogP contribution in [-0.4, -0.2) is 21.1 Å². The Morgan fingerprint density at radius 1 is 1.29 bits per heavy atom. The number of hydrogen-bond donors (Lipinski definition) is 2. The van der Waals surface area contributed by atoms with Crippen molar-refractivity contribution in [3.05, 3.63) is 41.0 Å². The van der Waals surface area contributed by atoms with E-state index in [0.717, 1.165) is 16.6 Å². The summed E-state index contributed by atoms with van der Waals surface area (Å²) in [7, 11) is 0. The maximum absolute atomic E-state index is 12.3. The van der Waals surface area contributed by atoms with Crippen LogP contribution in [0.2, 0.25) is 0 Å². The van der Waals surface area contributed by atoms with E-state index in [0.29, 0.717) is 10.8 Å². The summed E-state index contributed by atoms with van der Waals surface area (Å²) >= 11 is 1.43. The normalized spacial score (nSPS) is 11.8. The Labute approximate surface area is 126 Å². The second kappa shape index (κ2) is 4.96. The average molecular weight is 300 g/mol. The highest BCUT2D eigenvalue weighted by atomic mass is 32.1. The fourth-order valence-electron chi connectivity index (χ4n) is 1.97. The molecule has 0 unspecified atom stereocenters. The van der Waals surface area contributed by atoms with Crippen molar-refractivity contribution in [1.82, 2.24) is 15.2 Å². The number of carbonyl (C=O) groups is 1. The number of aromatic nitrogens is 3. The highest BCUT2D eigenvalue weighted by molar-refractivity contribution is 7.14. The summed E-state index contributed by atoms with van der Waals surface area (Å²) < 4.78 is 0. The van der Waals surface area contributed by atoms with Crippen LogP contribution in [0.1, 0.15) is 37.0 Å². The zero-order valence-electron chi connectivity index (χ0n) is 12.1. The van der Waals surface area contributed by atoms with Crippen molar-refractivity contribution in [3.8, 4) is 0 Å². The van der Waals surface area contributed by atoms with E-state index in [2.05, 4.69) is 41.3 Å². The lowest BCUT2D eigenvalue weighted by atomic mass is 9.93. The number of para-hydroxylation sites is 1. The summed E-state index contributed by atoms with van der Waals surface area (Å²) in [6.45, 7) is 6.28. The highest BCUT2D eigenvalue weighted by Crippen LogP contribution is 2.27. The van der Waals surface area contributed by atoms with E-state index >= 15 is 0 Å². The topological polar surface area (TPSA) is 70.7 Å². The lowest BCUT2D eigenvalue weighted by Crippen LogP contribution is -2.14. The molecule has 1 amide bonds. The van der Waals surface area contributed by atoms with E-state index < -0.39 is 0 Å². The first-order valence-corrected chi connectivity index (χ1v) is 7.53. The van der Waals surface area contributed by atoms with Gasteiger partial charge in [-0.25, -0.2) is 4.98 Å². The maximum Gasteiger partial charge on any atom is 0.278 e.